The van der Waals surface area contributed by atoms with Gasteiger partial charge in [-0.2, -0.15) is 0 Å². The average Bonchev–Trinajstić information content (AvgIpc) is 2.19. The fourth-order valence-corrected chi connectivity index (χ4v) is 3.23. The van der Waals surface area contributed by atoms with Crippen LogP contribution in [0.3, 0.4) is 0 Å². The third kappa shape index (κ3) is 2.46. The molecule has 2 saturated carbocycles. The Morgan fingerprint density at radius 1 is 0.692 bits per heavy atom. The zero-order chi connectivity index (χ0) is 9.10. The maximum absolute atomic E-state index is 9.61. The first-order valence-electron chi connectivity index (χ1n) is 6.04. The van der Waals surface area contributed by atoms with Crippen LogP contribution in [-0.2, 0) is 0 Å². The highest BCUT2D eigenvalue weighted by molar-refractivity contribution is 4.79. The van der Waals surface area contributed by atoms with Gasteiger partial charge in [-0.25, -0.2) is 0 Å². The first-order valence-corrected chi connectivity index (χ1v) is 6.04. The van der Waals surface area contributed by atoms with Crippen LogP contribution < -0.4 is 0 Å². The largest absolute Gasteiger partial charge is 0.393 e. The number of aliphatic hydroxyl groups excluding tert-OH is 1. The highest BCUT2D eigenvalue weighted by Crippen LogP contribution is 2.38. The fraction of sp³-hybridized carbons (Fsp3) is 1.00. The molecule has 0 saturated heterocycles. The number of hydrogen-bond acceptors (Lipinski definition) is 1. The van der Waals surface area contributed by atoms with E-state index < -0.39 is 0 Å². The van der Waals surface area contributed by atoms with Gasteiger partial charge in [0, 0.05) is 0 Å². The van der Waals surface area contributed by atoms with E-state index in [2.05, 4.69) is 0 Å². The molecule has 13 heavy (non-hydrogen) atoms. The Hall–Kier alpha value is -0.0400. The van der Waals surface area contributed by atoms with E-state index in [0.29, 0.717) is 0 Å². The lowest BCUT2D eigenvalue weighted by Crippen LogP contribution is -2.26. The van der Waals surface area contributed by atoms with Crippen molar-refractivity contribution in [3.05, 3.63) is 0 Å². The molecule has 0 aromatic heterocycles. The molecule has 0 amide bonds. The molecule has 2 rings (SSSR count). The third-order valence-corrected chi connectivity index (χ3v) is 4.00. The van der Waals surface area contributed by atoms with Crippen LogP contribution in [0.25, 0.3) is 0 Å². The molecule has 0 bridgehead atoms. The molecule has 0 aliphatic heterocycles. The van der Waals surface area contributed by atoms with Crippen molar-refractivity contribution in [1.29, 1.82) is 0 Å². The van der Waals surface area contributed by atoms with Crippen LogP contribution in [0, 0.1) is 11.8 Å². The minimum atomic E-state index is 0.0284. The van der Waals surface area contributed by atoms with E-state index in [9.17, 15) is 5.11 Å². The van der Waals surface area contributed by atoms with Crippen LogP contribution in [0.1, 0.15) is 57.8 Å². The fourth-order valence-electron chi connectivity index (χ4n) is 3.23. The van der Waals surface area contributed by atoms with Gasteiger partial charge in [-0.05, 0) is 31.1 Å². The van der Waals surface area contributed by atoms with Gasteiger partial charge in [0.1, 0.15) is 0 Å². The third-order valence-electron chi connectivity index (χ3n) is 4.00. The second-order valence-electron chi connectivity index (χ2n) is 4.98. The monoisotopic (exact) mass is 182 g/mol. The van der Waals surface area contributed by atoms with Crippen LogP contribution in [-0.4, -0.2) is 11.2 Å². The molecule has 0 aromatic carbocycles. The summed E-state index contributed by atoms with van der Waals surface area (Å²) in [6.45, 7) is 0. The van der Waals surface area contributed by atoms with E-state index in [1.54, 1.807) is 0 Å². The summed E-state index contributed by atoms with van der Waals surface area (Å²) in [6.07, 6.45) is 12.1. The topological polar surface area (TPSA) is 20.2 Å². The molecule has 1 N–H and O–H groups in total. The summed E-state index contributed by atoms with van der Waals surface area (Å²) in [4.78, 5) is 0. The molecular formula is C12H22O. The van der Waals surface area contributed by atoms with Crippen molar-refractivity contribution >= 4 is 0 Å². The van der Waals surface area contributed by atoms with E-state index >= 15 is 0 Å². The molecule has 0 aromatic rings. The zero-order valence-corrected chi connectivity index (χ0v) is 8.54. The van der Waals surface area contributed by atoms with Gasteiger partial charge >= 0.3 is 0 Å². The minimum absolute atomic E-state index is 0.0284. The SMILES string of the molecule is OC1CCCC(C2CCCCC2)C1. The highest BCUT2D eigenvalue weighted by atomic mass is 16.3. The second-order valence-corrected chi connectivity index (χ2v) is 4.98. The van der Waals surface area contributed by atoms with Crippen molar-refractivity contribution < 1.29 is 5.11 Å². The first kappa shape index (κ1) is 9.51. The Bertz CT molecular complexity index is 149. The van der Waals surface area contributed by atoms with E-state index in [1.165, 1.54) is 44.9 Å². The van der Waals surface area contributed by atoms with E-state index in [0.717, 1.165) is 24.7 Å². The Balaban J connectivity index is 1.83. The highest BCUT2D eigenvalue weighted by Gasteiger charge is 2.28. The number of rotatable bonds is 1. The van der Waals surface area contributed by atoms with E-state index in [4.69, 9.17) is 0 Å². The van der Waals surface area contributed by atoms with Crippen LogP contribution >= 0.6 is 0 Å². The predicted molar refractivity (Wildman–Crippen MR) is 54.5 cm³/mol. The second kappa shape index (κ2) is 4.45. The lowest BCUT2D eigenvalue weighted by molar-refractivity contribution is 0.0699. The van der Waals surface area contributed by atoms with Crippen molar-refractivity contribution in [2.24, 2.45) is 11.8 Å². The number of hydrogen-bond donors (Lipinski definition) is 1. The molecule has 0 heterocycles. The van der Waals surface area contributed by atoms with Crippen molar-refractivity contribution in [2.75, 3.05) is 0 Å². The van der Waals surface area contributed by atoms with E-state index in [1.807, 2.05) is 0 Å². The average molecular weight is 182 g/mol. The smallest absolute Gasteiger partial charge is 0.0543 e. The van der Waals surface area contributed by atoms with Gasteiger partial charge < -0.3 is 5.11 Å². The summed E-state index contributed by atoms with van der Waals surface area (Å²) < 4.78 is 0. The molecule has 2 aliphatic carbocycles. The molecule has 2 aliphatic rings. The Morgan fingerprint density at radius 2 is 1.38 bits per heavy atom. The van der Waals surface area contributed by atoms with Crippen LogP contribution in [0.5, 0.6) is 0 Å². The van der Waals surface area contributed by atoms with Crippen molar-refractivity contribution in [2.45, 2.75) is 63.9 Å². The predicted octanol–water partition coefficient (Wildman–Crippen LogP) is 3.12. The summed E-state index contributed by atoms with van der Waals surface area (Å²) in [5.41, 5.74) is 0. The normalized spacial score (nSPS) is 37.6. The Labute approximate surface area is 81.5 Å². The molecule has 1 heteroatoms. The summed E-state index contributed by atoms with van der Waals surface area (Å²) >= 11 is 0. The molecule has 2 fully saturated rings. The molecule has 1 nitrogen and oxygen atoms in total. The van der Waals surface area contributed by atoms with Crippen LogP contribution in [0.15, 0.2) is 0 Å². The quantitative estimate of drug-likeness (QED) is 0.660. The van der Waals surface area contributed by atoms with E-state index in [-0.39, 0.29) is 6.10 Å². The van der Waals surface area contributed by atoms with Gasteiger partial charge in [-0.15, -0.1) is 0 Å². The standard InChI is InChI=1S/C12H22O/c13-12-8-4-7-11(9-12)10-5-2-1-3-6-10/h10-13H,1-9H2. The number of aliphatic hydroxyl groups is 1. The molecule has 2 atom stereocenters. The zero-order valence-electron chi connectivity index (χ0n) is 8.54. The molecular weight excluding hydrogens is 160 g/mol. The summed E-state index contributed by atoms with van der Waals surface area (Å²) in [6, 6.07) is 0. The summed E-state index contributed by atoms with van der Waals surface area (Å²) in [7, 11) is 0. The van der Waals surface area contributed by atoms with Gasteiger partial charge in [-0.3, -0.25) is 0 Å². The van der Waals surface area contributed by atoms with Gasteiger partial charge in [0.05, 0.1) is 6.10 Å². The van der Waals surface area contributed by atoms with Crippen LogP contribution in [0.2, 0.25) is 0 Å². The van der Waals surface area contributed by atoms with Crippen molar-refractivity contribution in [3.8, 4) is 0 Å². The lowest BCUT2D eigenvalue weighted by atomic mass is 9.73. The molecule has 2 unspecified atom stereocenters. The maximum Gasteiger partial charge on any atom is 0.0543 e. The first-order chi connectivity index (χ1) is 6.36. The maximum atomic E-state index is 9.61. The summed E-state index contributed by atoms with van der Waals surface area (Å²) in [5.74, 6) is 1.83. The van der Waals surface area contributed by atoms with Gasteiger partial charge in [0.25, 0.3) is 0 Å². The molecule has 0 spiro atoms. The van der Waals surface area contributed by atoms with Crippen LogP contribution in [0.4, 0.5) is 0 Å². The summed E-state index contributed by atoms with van der Waals surface area (Å²) in [5, 5.41) is 9.61. The molecule has 0 radical (unpaired) electrons. The van der Waals surface area contributed by atoms with Gasteiger partial charge in [0.15, 0.2) is 0 Å². The Morgan fingerprint density at radius 3 is 2.08 bits per heavy atom. The Kier molecular flexibility index (Phi) is 3.26. The molecule has 76 valence electrons. The van der Waals surface area contributed by atoms with Gasteiger partial charge in [0.2, 0.25) is 0 Å². The lowest BCUT2D eigenvalue weighted by Gasteiger charge is -2.34. The van der Waals surface area contributed by atoms with Gasteiger partial charge in [-0.1, -0.05) is 38.5 Å². The minimum Gasteiger partial charge on any atom is -0.393 e. The van der Waals surface area contributed by atoms with Crippen molar-refractivity contribution in [1.82, 2.24) is 0 Å². The van der Waals surface area contributed by atoms with Crippen molar-refractivity contribution in [3.63, 3.8) is 0 Å².